The van der Waals surface area contributed by atoms with E-state index in [-0.39, 0.29) is 0 Å². The first kappa shape index (κ1) is 15.2. The second kappa shape index (κ2) is 6.51. The highest BCUT2D eigenvalue weighted by Crippen LogP contribution is 2.34. The zero-order valence-electron chi connectivity index (χ0n) is 11.8. The summed E-state index contributed by atoms with van der Waals surface area (Å²) in [6, 6.07) is 5.39. The molecule has 108 valence electrons. The molecule has 0 spiro atoms. The maximum Gasteiger partial charge on any atom is 0.131 e. The van der Waals surface area contributed by atoms with Crippen molar-refractivity contribution in [2.45, 2.75) is 39.7 Å². The standard InChI is InChI=1S/C15H19Cl2N3/c1-3-5-13-19-14(15(18)20(13)8-4-2)11-7-6-10(16)9-12(11)17/h6-7,9H,3-5,8,18H2,1-2H3. The summed E-state index contributed by atoms with van der Waals surface area (Å²) in [4.78, 5) is 4.69. The van der Waals surface area contributed by atoms with E-state index in [1.165, 1.54) is 0 Å². The van der Waals surface area contributed by atoms with E-state index < -0.39 is 0 Å². The van der Waals surface area contributed by atoms with Gasteiger partial charge in [-0.15, -0.1) is 0 Å². The minimum absolute atomic E-state index is 0.577. The topological polar surface area (TPSA) is 43.8 Å². The fourth-order valence-corrected chi connectivity index (χ4v) is 2.78. The molecule has 1 aromatic heterocycles. The number of anilines is 1. The van der Waals surface area contributed by atoms with Crippen LogP contribution in [0.1, 0.15) is 32.5 Å². The number of imidazole rings is 1. The van der Waals surface area contributed by atoms with Crippen molar-refractivity contribution in [3.8, 4) is 11.3 Å². The summed E-state index contributed by atoms with van der Waals surface area (Å²) in [6.07, 6.45) is 2.97. The summed E-state index contributed by atoms with van der Waals surface area (Å²) in [5, 5.41) is 1.19. The Balaban J connectivity index is 2.53. The molecule has 0 aliphatic carbocycles. The molecule has 1 heterocycles. The molecule has 0 bridgehead atoms. The molecule has 0 aliphatic rings. The molecular weight excluding hydrogens is 293 g/mol. The second-order valence-electron chi connectivity index (χ2n) is 4.79. The number of nitrogens with zero attached hydrogens (tertiary/aromatic N) is 2. The quantitative estimate of drug-likeness (QED) is 0.861. The fraction of sp³-hybridized carbons (Fsp3) is 0.400. The van der Waals surface area contributed by atoms with Crippen molar-refractivity contribution in [3.63, 3.8) is 0 Å². The number of nitrogens with two attached hydrogens (primary N) is 1. The van der Waals surface area contributed by atoms with E-state index in [0.29, 0.717) is 15.9 Å². The molecule has 0 unspecified atom stereocenters. The highest BCUT2D eigenvalue weighted by Gasteiger charge is 2.17. The zero-order chi connectivity index (χ0) is 14.7. The van der Waals surface area contributed by atoms with Crippen LogP contribution in [0, 0.1) is 0 Å². The molecule has 0 amide bonds. The Morgan fingerprint density at radius 1 is 1.20 bits per heavy atom. The molecule has 2 aromatic rings. The highest BCUT2D eigenvalue weighted by molar-refractivity contribution is 6.36. The molecule has 2 N–H and O–H groups in total. The maximum atomic E-state index is 6.27. The van der Waals surface area contributed by atoms with Crippen molar-refractivity contribution in [2.75, 3.05) is 5.73 Å². The smallest absolute Gasteiger partial charge is 0.131 e. The summed E-state index contributed by atoms with van der Waals surface area (Å²) in [5.41, 5.74) is 7.86. The molecule has 20 heavy (non-hydrogen) atoms. The Hall–Kier alpha value is -1.19. The lowest BCUT2D eigenvalue weighted by Crippen LogP contribution is -2.06. The van der Waals surface area contributed by atoms with Crippen molar-refractivity contribution in [1.82, 2.24) is 9.55 Å². The monoisotopic (exact) mass is 311 g/mol. The van der Waals surface area contributed by atoms with Crippen LogP contribution in [-0.2, 0) is 13.0 Å². The highest BCUT2D eigenvalue weighted by atomic mass is 35.5. The van der Waals surface area contributed by atoms with Crippen LogP contribution >= 0.6 is 23.2 Å². The molecule has 0 atom stereocenters. The minimum Gasteiger partial charge on any atom is -0.383 e. The molecule has 0 radical (unpaired) electrons. The predicted molar refractivity (Wildman–Crippen MR) is 86.4 cm³/mol. The Labute approximate surface area is 129 Å². The molecule has 3 nitrogen and oxygen atoms in total. The van der Waals surface area contributed by atoms with Gasteiger partial charge in [-0.1, -0.05) is 37.0 Å². The summed E-state index contributed by atoms with van der Waals surface area (Å²) in [5.74, 6) is 1.70. The van der Waals surface area contributed by atoms with Crippen LogP contribution in [0.4, 0.5) is 5.82 Å². The van der Waals surface area contributed by atoms with E-state index >= 15 is 0 Å². The Morgan fingerprint density at radius 3 is 2.55 bits per heavy atom. The van der Waals surface area contributed by atoms with Crippen LogP contribution in [0.15, 0.2) is 18.2 Å². The van der Waals surface area contributed by atoms with Gasteiger partial charge in [0.05, 0.1) is 5.02 Å². The van der Waals surface area contributed by atoms with Crippen LogP contribution in [0.3, 0.4) is 0 Å². The van der Waals surface area contributed by atoms with Crippen molar-refractivity contribution in [2.24, 2.45) is 0 Å². The van der Waals surface area contributed by atoms with Crippen molar-refractivity contribution in [3.05, 3.63) is 34.1 Å². The molecule has 1 aromatic carbocycles. The van der Waals surface area contributed by atoms with Gasteiger partial charge in [-0.25, -0.2) is 4.98 Å². The Kier molecular flexibility index (Phi) is 4.95. The van der Waals surface area contributed by atoms with E-state index in [1.807, 2.05) is 6.07 Å². The van der Waals surface area contributed by atoms with Crippen LogP contribution < -0.4 is 5.73 Å². The molecule has 2 rings (SSSR count). The molecular formula is C15H19Cl2N3. The third kappa shape index (κ3) is 2.94. The molecule has 0 fully saturated rings. The summed E-state index contributed by atoms with van der Waals surface area (Å²) in [6.45, 7) is 5.14. The Bertz CT molecular complexity index is 605. The summed E-state index contributed by atoms with van der Waals surface area (Å²) < 4.78 is 2.09. The first-order chi connectivity index (χ1) is 9.58. The lowest BCUT2D eigenvalue weighted by molar-refractivity contribution is 0.637. The van der Waals surface area contributed by atoms with Gasteiger partial charge < -0.3 is 10.3 Å². The lowest BCUT2D eigenvalue weighted by atomic mass is 10.1. The number of halogens is 2. The van der Waals surface area contributed by atoms with Crippen molar-refractivity contribution in [1.29, 1.82) is 0 Å². The van der Waals surface area contributed by atoms with Crippen LogP contribution in [0.25, 0.3) is 11.3 Å². The van der Waals surface area contributed by atoms with Crippen LogP contribution in [-0.4, -0.2) is 9.55 Å². The number of aryl methyl sites for hydroxylation is 1. The van der Waals surface area contributed by atoms with Gasteiger partial charge in [-0.05, 0) is 31.0 Å². The number of nitrogen functional groups attached to an aromatic ring is 1. The first-order valence-corrected chi connectivity index (χ1v) is 7.64. The number of benzene rings is 1. The van der Waals surface area contributed by atoms with Gasteiger partial charge in [0.15, 0.2) is 0 Å². The van der Waals surface area contributed by atoms with E-state index in [0.717, 1.165) is 42.9 Å². The van der Waals surface area contributed by atoms with Gasteiger partial charge in [0.2, 0.25) is 0 Å². The van der Waals surface area contributed by atoms with E-state index in [1.54, 1.807) is 12.1 Å². The van der Waals surface area contributed by atoms with Gasteiger partial charge in [0, 0.05) is 23.6 Å². The summed E-state index contributed by atoms with van der Waals surface area (Å²) in [7, 11) is 0. The van der Waals surface area contributed by atoms with Gasteiger partial charge in [0.1, 0.15) is 17.3 Å². The predicted octanol–water partition coefficient (Wildman–Crippen LogP) is 4.80. The van der Waals surface area contributed by atoms with E-state index in [2.05, 4.69) is 23.4 Å². The first-order valence-electron chi connectivity index (χ1n) is 6.88. The third-order valence-electron chi connectivity index (χ3n) is 3.19. The van der Waals surface area contributed by atoms with E-state index in [9.17, 15) is 0 Å². The van der Waals surface area contributed by atoms with Gasteiger partial charge in [0.25, 0.3) is 0 Å². The molecule has 5 heteroatoms. The molecule has 0 aliphatic heterocycles. The SMILES string of the molecule is CCCc1nc(-c2ccc(Cl)cc2Cl)c(N)n1CCC. The fourth-order valence-electron chi connectivity index (χ4n) is 2.28. The molecule has 0 saturated heterocycles. The van der Waals surface area contributed by atoms with Gasteiger partial charge in [-0.2, -0.15) is 0 Å². The Morgan fingerprint density at radius 2 is 1.95 bits per heavy atom. The molecule has 0 saturated carbocycles. The zero-order valence-corrected chi connectivity index (χ0v) is 13.3. The summed E-state index contributed by atoms with van der Waals surface area (Å²) >= 11 is 12.2. The number of aromatic nitrogens is 2. The normalized spacial score (nSPS) is 11.0. The maximum absolute atomic E-state index is 6.27. The lowest BCUT2D eigenvalue weighted by Gasteiger charge is -2.07. The van der Waals surface area contributed by atoms with Gasteiger partial charge in [-0.3, -0.25) is 0 Å². The van der Waals surface area contributed by atoms with Gasteiger partial charge >= 0.3 is 0 Å². The average Bonchev–Trinajstić information content (AvgIpc) is 2.69. The number of rotatable bonds is 5. The number of hydrogen-bond acceptors (Lipinski definition) is 2. The third-order valence-corrected chi connectivity index (χ3v) is 3.74. The van der Waals surface area contributed by atoms with Crippen molar-refractivity contribution >= 4 is 29.0 Å². The van der Waals surface area contributed by atoms with Crippen LogP contribution in [0.2, 0.25) is 10.0 Å². The average molecular weight is 312 g/mol. The minimum atomic E-state index is 0.577. The van der Waals surface area contributed by atoms with Crippen molar-refractivity contribution < 1.29 is 0 Å². The largest absolute Gasteiger partial charge is 0.383 e. The van der Waals surface area contributed by atoms with Crippen LogP contribution in [0.5, 0.6) is 0 Å². The second-order valence-corrected chi connectivity index (χ2v) is 5.63. The number of hydrogen-bond donors (Lipinski definition) is 1. The van der Waals surface area contributed by atoms with E-state index in [4.69, 9.17) is 28.9 Å².